The SMILES string of the molecule is C1=C\[Se]/C=C\[Se]/C=C\[Se]/C=C\[Se]/C=C\[Se]/1. The third-order valence-electron chi connectivity index (χ3n) is 1.06. The molecular weight excluding hydrogens is 515 g/mol. The van der Waals surface area contributed by atoms with Crippen molar-refractivity contribution in [3.05, 3.63) is 49.7 Å². The van der Waals surface area contributed by atoms with Crippen molar-refractivity contribution in [1.82, 2.24) is 0 Å². The van der Waals surface area contributed by atoms with E-state index in [1.165, 1.54) is 0 Å². The molecule has 0 spiro atoms. The first-order chi connectivity index (χ1) is 7.50. The predicted octanol–water partition coefficient (Wildman–Crippen LogP) is 0.877. The first-order valence-corrected chi connectivity index (χ1v) is 13.9. The molecule has 0 bridgehead atoms. The molecule has 0 radical (unpaired) electrons. The second kappa shape index (κ2) is 11.8. The molecule has 0 aromatic rings. The quantitative estimate of drug-likeness (QED) is 0.413. The van der Waals surface area contributed by atoms with Crippen molar-refractivity contribution in [2.45, 2.75) is 0 Å². The minimum absolute atomic E-state index is 0.583. The van der Waals surface area contributed by atoms with Crippen LogP contribution >= 0.6 is 0 Å². The standard InChI is InChI=1S/C10H10Se5/c1-2-12-5-6-14-9-10-15-8-7-13-4-3-11-1/h1-10H/b2-1-,4-3-,6-5-,8-7-,10-9-. The summed E-state index contributed by atoms with van der Waals surface area (Å²) in [7, 11) is 0. The fourth-order valence-electron chi connectivity index (χ4n) is 0.548. The van der Waals surface area contributed by atoms with Gasteiger partial charge in [0.15, 0.2) is 0 Å². The maximum absolute atomic E-state index is 2.33. The predicted molar refractivity (Wildman–Crippen MR) is 74.5 cm³/mol. The van der Waals surface area contributed by atoms with Gasteiger partial charge in [0.2, 0.25) is 0 Å². The molecule has 0 unspecified atom stereocenters. The molecule has 0 aromatic carbocycles. The Morgan fingerprint density at radius 2 is 0.400 bits per heavy atom. The Hall–Kier alpha value is 1.30. The molecule has 80 valence electrons. The molecule has 0 aromatic heterocycles. The van der Waals surface area contributed by atoms with Gasteiger partial charge in [-0.1, -0.05) is 0 Å². The van der Waals surface area contributed by atoms with Crippen LogP contribution < -0.4 is 0 Å². The van der Waals surface area contributed by atoms with Crippen LogP contribution in [0.1, 0.15) is 0 Å². The summed E-state index contributed by atoms with van der Waals surface area (Å²) >= 11 is 2.92. The van der Waals surface area contributed by atoms with E-state index in [0.29, 0.717) is 74.8 Å². The summed E-state index contributed by atoms with van der Waals surface area (Å²) < 4.78 is 0. The molecule has 1 aliphatic rings. The second-order valence-corrected chi connectivity index (χ2v) is 10.6. The van der Waals surface area contributed by atoms with Crippen LogP contribution in [0, 0.1) is 0 Å². The molecule has 0 saturated heterocycles. The van der Waals surface area contributed by atoms with E-state index in [1.54, 1.807) is 0 Å². The molecule has 5 heteroatoms. The van der Waals surface area contributed by atoms with Gasteiger partial charge in [0.05, 0.1) is 0 Å². The van der Waals surface area contributed by atoms with Crippen LogP contribution in [0.3, 0.4) is 0 Å². The Labute approximate surface area is 123 Å². The number of hydrogen-bond acceptors (Lipinski definition) is 0. The molecule has 0 nitrogen and oxygen atoms in total. The van der Waals surface area contributed by atoms with Gasteiger partial charge in [0, 0.05) is 0 Å². The second-order valence-electron chi connectivity index (χ2n) is 2.04. The zero-order chi connectivity index (χ0) is 10.6. The zero-order valence-electron chi connectivity index (χ0n) is 7.81. The first-order valence-electron chi connectivity index (χ1n) is 4.02. The molecule has 0 N–H and O–H groups in total. The van der Waals surface area contributed by atoms with Gasteiger partial charge in [0.1, 0.15) is 0 Å². The molecule has 15 heavy (non-hydrogen) atoms. The monoisotopic (exact) mass is 530 g/mol. The number of hydrogen-bond donors (Lipinski definition) is 0. The van der Waals surface area contributed by atoms with Crippen LogP contribution in [0.4, 0.5) is 0 Å². The van der Waals surface area contributed by atoms with E-state index >= 15 is 0 Å². The topological polar surface area (TPSA) is 0 Å². The Balaban J connectivity index is 2.41. The molecule has 0 fully saturated rings. The van der Waals surface area contributed by atoms with Gasteiger partial charge in [-0.15, -0.1) is 0 Å². The summed E-state index contributed by atoms with van der Waals surface area (Å²) in [5, 5.41) is 0. The van der Waals surface area contributed by atoms with Gasteiger partial charge in [-0.05, 0) is 0 Å². The number of rotatable bonds is 0. The van der Waals surface area contributed by atoms with E-state index in [2.05, 4.69) is 49.7 Å². The Morgan fingerprint density at radius 1 is 0.267 bits per heavy atom. The van der Waals surface area contributed by atoms with Crippen molar-refractivity contribution in [3.63, 3.8) is 0 Å². The Morgan fingerprint density at radius 3 is 0.533 bits per heavy atom. The van der Waals surface area contributed by atoms with Crippen LogP contribution in [0.25, 0.3) is 0 Å². The molecule has 1 rings (SSSR count). The van der Waals surface area contributed by atoms with E-state index in [-0.39, 0.29) is 0 Å². The van der Waals surface area contributed by atoms with Gasteiger partial charge in [0.25, 0.3) is 0 Å². The van der Waals surface area contributed by atoms with Crippen LogP contribution in [-0.2, 0) is 0 Å². The van der Waals surface area contributed by atoms with Crippen LogP contribution in [0.5, 0.6) is 0 Å². The first kappa shape index (κ1) is 14.4. The average molecular weight is 525 g/mol. The third-order valence-corrected chi connectivity index (χ3v) is 11.6. The minimum atomic E-state index is 0.583. The van der Waals surface area contributed by atoms with Crippen molar-refractivity contribution in [2.24, 2.45) is 0 Å². The van der Waals surface area contributed by atoms with Crippen molar-refractivity contribution < 1.29 is 0 Å². The summed E-state index contributed by atoms with van der Waals surface area (Å²) in [5.74, 6) is 0. The van der Waals surface area contributed by atoms with E-state index in [1.807, 2.05) is 0 Å². The molecule has 1 aliphatic heterocycles. The van der Waals surface area contributed by atoms with Gasteiger partial charge in [-0.3, -0.25) is 0 Å². The third kappa shape index (κ3) is 10.2. The molecule has 0 aliphatic carbocycles. The fraction of sp³-hybridized carbons (Fsp3) is 0. The van der Waals surface area contributed by atoms with E-state index in [0.717, 1.165) is 0 Å². The van der Waals surface area contributed by atoms with Gasteiger partial charge < -0.3 is 0 Å². The summed E-state index contributed by atoms with van der Waals surface area (Å²) in [6, 6.07) is 0. The van der Waals surface area contributed by atoms with Crippen LogP contribution in [0.2, 0.25) is 0 Å². The Bertz CT molecular complexity index is 199. The molecule has 0 amide bonds. The van der Waals surface area contributed by atoms with Crippen molar-refractivity contribution in [1.29, 1.82) is 0 Å². The van der Waals surface area contributed by atoms with E-state index in [9.17, 15) is 0 Å². The summed E-state index contributed by atoms with van der Waals surface area (Å²) in [6.45, 7) is 0. The van der Waals surface area contributed by atoms with Gasteiger partial charge in [-0.2, -0.15) is 0 Å². The van der Waals surface area contributed by atoms with E-state index < -0.39 is 0 Å². The van der Waals surface area contributed by atoms with Crippen molar-refractivity contribution in [3.8, 4) is 0 Å². The van der Waals surface area contributed by atoms with Crippen molar-refractivity contribution >= 4 is 74.8 Å². The molecule has 0 atom stereocenters. The van der Waals surface area contributed by atoms with Gasteiger partial charge in [-0.25, -0.2) is 0 Å². The van der Waals surface area contributed by atoms with Gasteiger partial charge >= 0.3 is 125 Å². The maximum atomic E-state index is 2.33. The van der Waals surface area contributed by atoms with E-state index in [4.69, 9.17) is 0 Å². The average Bonchev–Trinajstić information content (AvgIpc) is 2.27. The molecular formula is C10H10Se5. The fourth-order valence-corrected chi connectivity index (χ4v) is 9.84. The summed E-state index contributed by atoms with van der Waals surface area (Å²) in [6.07, 6.45) is 0. The normalized spacial score (nSPS) is 29.3. The molecule has 0 saturated carbocycles. The van der Waals surface area contributed by atoms with Crippen LogP contribution in [-0.4, -0.2) is 74.8 Å². The summed E-state index contributed by atoms with van der Waals surface area (Å²) in [5.41, 5.74) is 0. The molecule has 1 heterocycles. The summed E-state index contributed by atoms with van der Waals surface area (Å²) in [4.78, 5) is 23.3. The van der Waals surface area contributed by atoms with Crippen molar-refractivity contribution in [2.75, 3.05) is 0 Å². The Kier molecular flexibility index (Phi) is 11.3. The zero-order valence-corrected chi connectivity index (χ0v) is 16.4. The van der Waals surface area contributed by atoms with Crippen LogP contribution in [0.15, 0.2) is 49.7 Å².